The summed E-state index contributed by atoms with van der Waals surface area (Å²) in [5.41, 5.74) is 7.92. The fraction of sp³-hybridized carbons (Fsp3) is 0.600. The van der Waals surface area contributed by atoms with Crippen molar-refractivity contribution in [2.24, 2.45) is 0 Å². The van der Waals surface area contributed by atoms with Crippen molar-refractivity contribution >= 4 is 5.69 Å². The number of hydrogen-bond acceptors (Lipinski definition) is 4. The second-order valence-corrected chi connectivity index (χ2v) is 5.39. The van der Waals surface area contributed by atoms with Crippen molar-refractivity contribution in [2.75, 3.05) is 39.5 Å². The first-order chi connectivity index (χ1) is 9.12. The van der Waals surface area contributed by atoms with E-state index in [4.69, 9.17) is 10.5 Å². The molecular formula is C15H25N3O. The van der Waals surface area contributed by atoms with Crippen molar-refractivity contribution in [3.05, 3.63) is 23.8 Å². The number of nitrogen functional groups attached to an aromatic ring is 1. The smallest absolute Gasteiger partial charge is 0.121 e. The second-order valence-electron chi connectivity index (χ2n) is 5.39. The molecule has 1 atom stereocenters. The number of hydrogen-bond donors (Lipinski definition) is 1. The van der Waals surface area contributed by atoms with E-state index in [1.807, 2.05) is 12.1 Å². The Bertz CT molecular complexity index is 422. The molecule has 0 amide bonds. The predicted octanol–water partition coefficient (Wildman–Crippen LogP) is 1.80. The van der Waals surface area contributed by atoms with Crippen molar-refractivity contribution in [3.8, 4) is 5.75 Å². The van der Waals surface area contributed by atoms with E-state index in [1.165, 1.54) is 12.0 Å². The number of nitrogens with two attached hydrogens (primary N) is 1. The Balaban J connectivity index is 2.03. The first-order valence-corrected chi connectivity index (χ1v) is 6.98. The molecule has 2 N–H and O–H groups in total. The van der Waals surface area contributed by atoms with Crippen LogP contribution in [0.4, 0.5) is 5.69 Å². The summed E-state index contributed by atoms with van der Waals surface area (Å²) in [6.45, 7) is 6.59. The molecule has 2 rings (SSSR count). The maximum absolute atomic E-state index is 5.91. The molecule has 4 nitrogen and oxygen atoms in total. The summed E-state index contributed by atoms with van der Waals surface area (Å²) in [7, 11) is 3.90. The van der Waals surface area contributed by atoms with E-state index in [2.05, 4.69) is 29.8 Å². The zero-order valence-electron chi connectivity index (χ0n) is 12.2. The summed E-state index contributed by atoms with van der Waals surface area (Å²) in [5.74, 6) is 0.844. The molecule has 1 aliphatic heterocycles. The molecule has 1 aliphatic rings. The Labute approximate surface area is 116 Å². The van der Waals surface area contributed by atoms with Crippen LogP contribution < -0.4 is 10.5 Å². The second kappa shape index (κ2) is 6.26. The molecule has 1 unspecified atom stereocenters. The molecule has 0 aliphatic carbocycles. The fourth-order valence-electron chi connectivity index (χ4n) is 2.75. The summed E-state index contributed by atoms with van der Waals surface area (Å²) in [4.78, 5) is 4.96. The number of benzene rings is 1. The van der Waals surface area contributed by atoms with Crippen LogP contribution in [0.1, 0.15) is 18.9 Å². The number of nitrogens with zero attached hydrogens (tertiary/aromatic N) is 2. The standard InChI is InChI=1S/C15H25N3O/c1-4-14-11-18(6-5-17(14)2)10-12-7-13(16)9-15(8-12)19-3/h7-9,14H,4-6,10-11,16H2,1-3H3. The Hall–Kier alpha value is -1.26. The summed E-state index contributed by atoms with van der Waals surface area (Å²) in [6, 6.07) is 6.65. The van der Waals surface area contributed by atoms with E-state index < -0.39 is 0 Å². The van der Waals surface area contributed by atoms with Crippen LogP contribution in [0.15, 0.2) is 18.2 Å². The molecule has 1 aromatic carbocycles. The lowest BCUT2D eigenvalue weighted by Crippen LogP contribution is -2.50. The van der Waals surface area contributed by atoms with E-state index in [0.29, 0.717) is 6.04 Å². The largest absolute Gasteiger partial charge is 0.497 e. The topological polar surface area (TPSA) is 41.7 Å². The zero-order valence-corrected chi connectivity index (χ0v) is 12.2. The highest BCUT2D eigenvalue weighted by atomic mass is 16.5. The van der Waals surface area contributed by atoms with Crippen LogP contribution >= 0.6 is 0 Å². The van der Waals surface area contributed by atoms with E-state index in [-0.39, 0.29) is 0 Å². The first kappa shape index (κ1) is 14.2. The minimum atomic E-state index is 0.664. The third-order valence-corrected chi connectivity index (χ3v) is 3.96. The maximum Gasteiger partial charge on any atom is 0.121 e. The first-order valence-electron chi connectivity index (χ1n) is 6.98. The molecule has 1 heterocycles. The highest BCUT2D eigenvalue weighted by Gasteiger charge is 2.22. The highest BCUT2D eigenvalue weighted by Crippen LogP contribution is 2.21. The van der Waals surface area contributed by atoms with Crippen molar-refractivity contribution in [1.82, 2.24) is 9.80 Å². The minimum Gasteiger partial charge on any atom is -0.497 e. The summed E-state index contributed by atoms with van der Waals surface area (Å²) < 4.78 is 5.28. The third-order valence-electron chi connectivity index (χ3n) is 3.96. The summed E-state index contributed by atoms with van der Waals surface area (Å²) in [5, 5.41) is 0. The van der Waals surface area contributed by atoms with Crippen molar-refractivity contribution < 1.29 is 4.74 Å². The number of piperazine rings is 1. The monoisotopic (exact) mass is 263 g/mol. The lowest BCUT2D eigenvalue weighted by Gasteiger charge is -2.39. The van der Waals surface area contributed by atoms with E-state index in [1.54, 1.807) is 7.11 Å². The fourth-order valence-corrected chi connectivity index (χ4v) is 2.75. The maximum atomic E-state index is 5.91. The van der Waals surface area contributed by atoms with Gasteiger partial charge in [0.1, 0.15) is 5.75 Å². The molecular weight excluding hydrogens is 238 g/mol. The number of methoxy groups -OCH3 is 1. The van der Waals surface area contributed by atoms with Gasteiger partial charge in [-0.05, 0) is 31.2 Å². The third kappa shape index (κ3) is 3.61. The minimum absolute atomic E-state index is 0.664. The molecule has 0 spiro atoms. The lowest BCUT2D eigenvalue weighted by molar-refractivity contribution is 0.0883. The van der Waals surface area contributed by atoms with Gasteiger partial charge in [0, 0.05) is 44.0 Å². The van der Waals surface area contributed by atoms with Gasteiger partial charge in [0.05, 0.1) is 7.11 Å². The van der Waals surface area contributed by atoms with E-state index in [0.717, 1.165) is 37.6 Å². The van der Waals surface area contributed by atoms with Crippen LogP contribution in [0.25, 0.3) is 0 Å². The molecule has 1 aromatic rings. The molecule has 106 valence electrons. The van der Waals surface area contributed by atoms with Crippen molar-refractivity contribution in [1.29, 1.82) is 0 Å². The average Bonchev–Trinajstić information content (AvgIpc) is 2.40. The van der Waals surface area contributed by atoms with E-state index in [9.17, 15) is 0 Å². The number of ether oxygens (including phenoxy) is 1. The normalized spacial score (nSPS) is 21.5. The molecule has 0 radical (unpaired) electrons. The zero-order chi connectivity index (χ0) is 13.8. The van der Waals surface area contributed by atoms with Gasteiger partial charge >= 0.3 is 0 Å². The average molecular weight is 263 g/mol. The van der Waals surface area contributed by atoms with Crippen LogP contribution in [0.5, 0.6) is 5.75 Å². The molecule has 1 fully saturated rings. The van der Waals surface area contributed by atoms with Crippen LogP contribution in [0.3, 0.4) is 0 Å². The Morgan fingerprint density at radius 2 is 2.11 bits per heavy atom. The Morgan fingerprint density at radius 1 is 1.32 bits per heavy atom. The van der Waals surface area contributed by atoms with Crippen LogP contribution in [-0.4, -0.2) is 49.6 Å². The van der Waals surface area contributed by atoms with Gasteiger partial charge in [-0.25, -0.2) is 0 Å². The Kier molecular flexibility index (Phi) is 4.66. The van der Waals surface area contributed by atoms with Gasteiger partial charge in [0.25, 0.3) is 0 Å². The van der Waals surface area contributed by atoms with Gasteiger partial charge in [-0.15, -0.1) is 0 Å². The highest BCUT2D eigenvalue weighted by molar-refractivity contribution is 5.47. The molecule has 0 saturated carbocycles. The molecule has 0 bridgehead atoms. The summed E-state index contributed by atoms with van der Waals surface area (Å²) in [6.07, 6.45) is 1.20. The predicted molar refractivity (Wildman–Crippen MR) is 79.4 cm³/mol. The number of likely N-dealkylation sites (N-methyl/N-ethyl adjacent to an activating group) is 1. The van der Waals surface area contributed by atoms with Gasteiger partial charge < -0.3 is 15.4 Å². The van der Waals surface area contributed by atoms with Gasteiger partial charge in [-0.3, -0.25) is 4.90 Å². The SMILES string of the molecule is CCC1CN(Cc2cc(N)cc(OC)c2)CCN1C. The Morgan fingerprint density at radius 3 is 2.79 bits per heavy atom. The number of rotatable bonds is 4. The van der Waals surface area contributed by atoms with Gasteiger partial charge in [0.15, 0.2) is 0 Å². The van der Waals surface area contributed by atoms with Gasteiger partial charge in [-0.1, -0.05) is 6.92 Å². The number of anilines is 1. The molecule has 1 saturated heterocycles. The van der Waals surface area contributed by atoms with E-state index >= 15 is 0 Å². The van der Waals surface area contributed by atoms with Gasteiger partial charge in [0.2, 0.25) is 0 Å². The van der Waals surface area contributed by atoms with Crippen LogP contribution in [0.2, 0.25) is 0 Å². The molecule has 4 heteroatoms. The van der Waals surface area contributed by atoms with Crippen molar-refractivity contribution in [2.45, 2.75) is 25.9 Å². The van der Waals surface area contributed by atoms with Crippen LogP contribution in [0, 0.1) is 0 Å². The lowest BCUT2D eigenvalue weighted by atomic mass is 10.1. The molecule has 0 aromatic heterocycles. The quantitative estimate of drug-likeness (QED) is 0.841. The van der Waals surface area contributed by atoms with Crippen LogP contribution in [-0.2, 0) is 6.54 Å². The van der Waals surface area contributed by atoms with Crippen molar-refractivity contribution in [3.63, 3.8) is 0 Å². The van der Waals surface area contributed by atoms with Gasteiger partial charge in [-0.2, -0.15) is 0 Å². The molecule has 19 heavy (non-hydrogen) atoms. The summed E-state index contributed by atoms with van der Waals surface area (Å²) >= 11 is 0.